The Morgan fingerprint density at radius 3 is 2.19 bits per heavy atom. The van der Waals surface area contributed by atoms with Crippen molar-refractivity contribution in [1.82, 2.24) is 5.32 Å². The highest BCUT2D eigenvalue weighted by Gasteiger charge is 2.14. The molecule has 2 atom stereocenters. The molecule has 0 fully saturated rings. The van der Waals surface area contributed by atoms with Crippen molar-refractivity contribution in [2.75, 3.05) is 6.61 Å². The molecule has 2 aromatic carbocycles. The van der Waals surface area contributed by atoms with Gasteiger partial charge in [0.2, 0.25) is 5.91 Å². The first-order chi connectivity index (χ1) is 12.0. The SMILES string of the molecule is CC(C)COc1ccc(C(C)NC(=O)CC(N)c2ccccc2)cc1.Cl. The third kappa shape index (κ3) is 7.06. The van der Waals surface area contributed by atoms with Crippen LogP contribution in [-0.2, 0) is 4.79 Å². The minimum atomic E-state index is -0.291. The van der Waals surface area contributed by atoms with Crippen molar-refractivity contribution in [2.45, 2.75) is 39.3 Å². The molecule has 0 aliphatic carbocycles. The number of hydrogen-bond acceptors (Lipinski definition) is 3. The first-order valence-electron chi connectivity index (χ1n) is 8.78. The maximum atomic E-state index is 12.2. The summed E-state index contributed by atoms with van der Waals surface area (Å²) in [7, 11) is 0. The van der Waals surface area contributed by atoms with Crippen molar-refractivity contribution < 1.29 is 9.53 Å². The standard InChI is InChI=1S/C21H28N2O2.ClH/c1-15(2)14-25-19-11-9-17(10-12-19)16(3)23-21(24)13-20(22)18-7-5-4-6-8-18;/h4-12,15-16,20H,13-14,22H2,1-3H3,(H,23,24);1H. The average molecular weight is 377 g/mol. The molecule has 4 nitrogen and oxygen atoms in total. The van der Waals surface area contributed by atoms with Crippen LogP contribution in [-0.4, -0.2) is 12.5 Å². The van der Waals surface area contributed by atoms with Crippen LogP contribution < -0.4 is 15.8 Å². The molecular weight excluding hydrogens is 348 g/mol. The molecule has 0 radical (unpaired) electrons. The number of amides is 1. The topological polar surface area (TPSA) is 64.3 Å². The largest absolute Gasteiger partial charge is 0.493 e. The van der Waals surface area contributed by atoms with E-state index in [4.69, 9.17) is 10.5 Å². The maximum Gasteiger partial charge on any atom is 0.222 e. The number of ether oxygens (including phenoxy) is 1. The Morgan fingerprint density at radius 1 is 1.00 bits per heavy atom. The fourth-order valence-electron chi connectivity index (χ4n) is 2.52. The summed E-state index contributed by atoms with van der Waals surface area (Å²) in [5, 5.41) is 3.01. The van der Waals surface area contributed by atoms with Gasteiger partial charge in [0.25, 0.3) is 0 Å². The number of carbonyl (C=O) groups excluding carboxylic acids is 1. The highest BCUT2D eigenvalue weighted by molar-refractivity contribution is 5.85. The Labute approximate surface area is 162 Å². The van der Waals surface area contributed by atoms with Gasteiger partial charge in [0.05, 0.1) is 12.6 Å². The van der Waals surface area contributed by atoms with Gasteiger partial charge in [-0.15, -0.1) is 12.4 Å². The van der Waals surface area contributed by atoms with Crippen molar-refractivity contribution in [3.63, 3.8) is 0 Å². The molecule has 142 valence electrons. The summed E-state index contributed by atoms with van der Waals surface area (Å²) < 4.78 is 5.68. The van der Waals surface area contributed by atoms with Gasteiger partial charge in [0.15, 0.2) is 0 Å². The van der Waals surface area contributed by atoms with E-state index >= 15 is 0 Å². The van der Waals surface area contributed by atoms with Crippen LogP contribution in [0.5, 0.6) is 5.75 Å². The van der Waals surface area contributed by atoms with E-state index in [9.17, 15) is 4.79 Å². The molecule has 1 amide bonds. The van der Waals surface area contributed by atoms with Crippen molar-refractivity contribution in [1.29, 1.82) is 0 Å². The van der Waals surface area contributed by atoms with Crippen LogP contribution in [0.3, 0.4) is 0 Å². The molecule has 0 aliphatic rings. The lowest BCUT2D eigenvalue weighted by atomic mass is 10.0. The van der Waals surface area contributed by atoms with Crippen LogP contribution in [0.4, 0.5) is 0 Å². The number of nitrogens with two attached hydrogens (primary N) is 1. The Morgan fingerprint density at radius 2 is 1.62 bits per heavy atom. The van der Waals surface area contributed by atoms with E-state index in [0.717, 1.165) is 16.9 Å². The number of benzene rings is 2. The van der Waals surface area contributed by atoms with Gasteiger partial charge >= 0.3 is 0 Å². The quantitative estimate of drug-likeness (QED) is 0.717. The number of halogens is 1. The number of carbonyl (C=O) groups is 1. The zero-order chi connectivity index (χ0) is 18.2. The van der Waals surface area contributed by atoms with E-state index in [2.05, 4.69) is 19.2 Å². The first-order valence-corrected chi connectivity index (χ1v) is 8.78. The summed E-state index contributed by atoms with van der Waals surface area (Å²) in [5.41, 5.74) is 8.12. The Balaban J connectivity index is 0.00000338. The lowest BCUT2D eigenvalue weighted by molar-refractivity contribution is -0.122. The van der Waals surface area contributed by atoms with Crippen LogP contribution in [0.2, 0.25) is 0 Å². The number of hydrogen-bond donors (Lipinski definition) is 2. The number of rotatable bonds is 8. The van der Waals surface area contributed by atoms with Crippen molar-refractivity contribution in [2.24, 2.45) is 11.7 Å². The second-order valence-electron chi connectivity index (χ2n) is 6.78. The van der Waals surface area contributed by atoms with Gasteiger partial charge in [-0.2, -0.15) is 0 Å². The molecule has 0 saturated carbocycles. The monoisotopic (exact) mass is 376 g/mol. The molecule has 5 heteroatoms. The van der Waals surface area contributed by atoms with Crippen molar-refractivity contribution in [3.05, 3.63) is 65.7 Å². The highest BCUT2D eigenvalue weighted by Crippen LogP contribution is 2.19. The molecule has 2 aromatic rings. The van der Waals surface area contributed by atoms with Crippen molar-refractivity contribution in [3.8, 4) is 5.75 Å². The summed E-state index contributed by atoms with van der Waals surface area (Å²) in [5.74, 6) is 1.29. The molecule has 0 aliphatic heterocycles. The van der Waals surface area contributed by atoms with Crippen LogP contribution in [0.1, 0.15) is 50.4 Å². The maximum absolute atomic E-state index is 12.2. The smallest absolute Gasteiger partial charge is 0.222 e. The molecule has 2 rings (SSSR count). The lowest BCUT2D eigenvalue weighted by Crippen LogP contribution is -2.29. The van der Waals surface area contributed by atoms with Gasteiger partial charge in [-0.3, -0.25) is 4.79 Å². The summed E-state index contributed by atoms with van der Waals surface area (Å²) in [4.78, 5) is 12.2. The normalized spacial score (nSPS) is 12.8. The van der Waals surface area contributed by atoms with Crippen LogP contribution in [0.15, 0.2) is 54.6 Å². The second kappa shape index (κ2) is 10.8. The summed E-state index contributed by atoms with van der Waals surface area (Å²) in [6.45, 7) is 6.90. The summed E-state index contributed by atoms with van der Waals surface area (Å²) >= 11 is 0. The van der Waals surface area contributed by atoms with E-state index in [1.807, 2.05) is 61.5 Å². The summed E-state index contributed by atoms with van der Waals surface area (Å²) in [6, 6.07) is 17.2. The third-order valence-corrected chi connectivity index (χ3v) is 3.97. The van der Waals surface area contributed by atoms with Gasteiger partial charge in [-0.05, 0) is 36.1 Å². The van der Waals surface area contributed by atoms with E-state index in [0.29, 0.717) is 12.5 Å². The first kappa shape index (κ1) is 22.0. The van der Waals surface area contributed by atoms with E-state index in [1.54, 1.807) is 0 Å². The van der Waals surface area contributed by atoms with Crippen molar-refractivity contribution >= 4 is 18.3 Å². The lowest BCUT2D eigenvalue weighted by Gasteiger charge is -2.17. The second-order valence-corrected chi connectivity index (χ2v) is 6.78. The molecule has 26 heavy (non-hydrogen) atoms. The van der Waals surface area contributed by atoms with Crippen LogP contribution >= 0.6 is 12.4 Å². The summed E-state index contributed by atoms with van der Waals surface area (Å²) in [6.07, 6.45) is 0.268. The minimum Gasteiger partial charge on any atom is -0.493 e. The fraction of sp³-hybridized carbons (Fsp3) is 0.381. The third-order valence-electron chi connectivity index (χ3n) is 3.97. The van der Waals surface area contributed by atoms with Gasteiger partial charge in [-0.25, -0.2) is 0 Å². The zero-order valence-corrected chi connectivity index (χ0v) is 16.5. The highest BCUT2D eigenvalue weighted by atomic mass is 35.5. The van der Waals surface area contributed by atoms with Gasteiger partial charge < -0.3 is 15.8 Å². The molecule has 0 bridgehead atoms. The molecule has 0 aromatic heterocycles. The predicted octanol–water partition coefficient (Wildman–Crippen LogP) is 4.41. The average Bonchev–Trinajstić information content (AvgIpc) is 2.61. The van der Waals surface area contributed by atoms with Gasteiger partial charge in [0, 0.05) is 12.5 Å². The number of nitrogens with one attached hydrogen (secondary N) is 1. The zero-order valence-electron chi connectivity index (χ0n) is 15.6. The molecule has 0 heterocycles. The molecule has 0 spiro atoms. The fourth-order valence-corrected chi connectivity index (χ4v) is 2.52. The van der Waals surface area contributed by atoms with Crippen LogP contribution in [0, 0.1) is 5.92 Å². The molecular formula is C21H29ClN2O2. The Hall–Kier alpha value is -2.04. The van der Waals surface area contributed by atoms with Gasteiger partial charge in [-0.1, -0.05) is 56.3 Å². The minimum absolute atomic E-state index is 0. The molecule has 3 N–H and O–H groups in total. The Bertz CT molecular complexity index is 659. The van der Waals surface area contributed by atoms with E-state index in [-0.39, 0.29) is 36.8 Å². The Kier molecular flexibility index (Phi) is 9.17. The molecule has 2 unspecified atom stereocenters. The molecule has 0 saturated heterocycles. The van der Waals surface area contributed by atoms with E-state index < -0.39 is 0 Å². The predicted molar refractivity (Wildman–Crippen MR) is 109 cm³/mol. The van der Waals surface area contributed by atoms with Crippen LogP contribution in [0.25, 0.3) is 0 Å². The van der Waals surface area contributed by atoms with E-state index in [1.165, 1.54) is 0 Å². The van der Waals surface area contributed by atoms with Gasteiger partial charge in [0.1, 0.15) is 5.75 Å².